The third-order valence-corrected chi connectivity index (χ3v) is 7.87. The molecule has 10 heteroatoms. The maximum Gasteiger partial charge on any atom is 0.242 e. The molecule has 4 aromatic rings. The van der Waals surface area contributed by atoms with Crippen LogP contribution >= 0.6 is 0 Å². The zero-order valence-electron chi connectivity index (χ0n) is 23.6. The number of hydrogen-bond acceptors (Lipinski definition) is 7. The van der Waals surface area contributed by atoms with Crippen LogP contribution in [0.15, 0.2) is 107 Å². The zero-order chi connectivity index (χ0) is 30.0. The smallest absolute Gasteiger partial charge is 0.242 e. The van der Waals surface area contributed by atoms with Crippen molar-refractivity contribution >= 4 is 22.1 Å². The van der Waals surface area contributed by atoms with Crippen LogP contribution in [0.2, 0.25) is 0 Å². The summed E-state index contributed by atoms with van der Waals surface area (Å²) in [5, 5.41) is 4.04. The summed E-state index contributed by atoms with van der Waals surface area (Å²) >= 11 is 0. The maximum atomic E-state index is 13.0. The molecule has 0 bridgehead atoms. The summed E-state index contributed by atoms with van der Waals surface area (Å²) in [6.07, 6.45) is 1.35. The van der Waals surface area contributed by atoms with E-state index in [2.05, 4.69) is 15.2 Å². The Bertz CT molecular complexity index is 1610. The average Bonchev–Trinajstić information content (AvgIpc) is 3.00. The number of nitrogens with one attached hydrogen (secondary N) is 2. The number of ether oxygens (including phenoxy) is 3. The fraction of sp³-hybridized carbons (Fsp3) is 0.188. The number of rotatable bonds is 13. The van der Waals surface area contributed by atoms with Crippen LogP contribution in [-0.2, 0) is 21.4 Å². The number of hydrogen-bond donors (Lipinski definition) is 2. The van der Waals surface area contributed by atoms with Crippen molar-refractivity contribution in [3.8, 4) is 17.2 Å². The Labute approximate surface area is 246 Å². The summed E-state index contributed by atoms with van der Waals surface area (Å²) in [7, 11) is -0.658. The number of aryl methyl sites for hydroxylation is 1. The van der Waals surface area contributed by atoms with Gasteiger partial charge in [-0.3, -0.25) is 4.79 Å². The van der Waals surface area contributed by atoms with Crippen LogP contribution in [0.25, 0.3) is 0 Å². The lowest BCUT2D eigenvalue weighted by Crippen LogP contribution is -2.32. The van der Waals surface area contributed by atoms with Crippen molar-refractivity contribution in [1.29, 1.82) is 0 Å². The molecule has 42 heavy (non-hydrogen) atoms. The number of benzene rings is 4. The number of carbonyl (C=O) groups excluding carboxylic acids is 1. The van der Waals surface area contributed by atoms with Gasteiger partial charge in [0.25, 0.3) is 0 Å². The first kappa shape index (κ1) is 30.3. The van der Waals surface area contributed by atoms with Gasteiger partial charge >= 0.3 is 0 Å². The molecule has 9 nitrogen and oxygen atoms in total. The van der Waals surface area contributed by atoms with E-state index in [9.17, 15) is 13.2 Å². The molecule has 4 rings (SSSR count). The van der Waals surface area contributed by atoms with Crippen molar-refractivity contribution in [1.82, 2.24) is 10.1 Å². The second-order valence-corrected chi connectivity index (χ2v) is 11.1. The first-order valence-electron chi connectivity index (χ1n) is 13.2. The number of nitrogens with zero attached hydrogens (tertiary/aromatic N) is 1. The molecule has 4 aromatic carbocycles. The topological polar surface area (TPSA) is 115 Å². The molecular formula is C32H33N3O6S. The minimum atomic E-state index is -3.86. The van der Waals surface area contributed by atoms with Gasteiger partial charge in [-0.25, -0.2) is 18.6 Å². The van der Waals surface area contributed by atoms with Crippen LogP contribution < -0.4 is 24.4 Å². The van der Waals surface area contributed by atoms with Crippen molar-refractivity contribution in [2.45, 2.75) is 30.9 Å². The number of amides is 1. The molecule has 0 radical (unpaired) electrons. The monoisotopic (exact) mass is 587 g/mol. The molecular weight excluding hydrogens is 554 g/mol. The summed E-state index contributed by atoms with van der Waals surface area (Å²) in [5.41, 5.74) is 5.68. The lowest BCUT2D eigenvalue weighted by atomic mass is 10.0. The van der Waals surface area contributed by atoms with Crippen molar-refractivity contribution in [3.05, 3.63) is 119 Å². The summed E-state index contributed by atoms with van der Waals surface area (Å²) in [6, 6.07) is 27.4. The predicted molar refractivity (Wildman–Crippen MR) is 161 cm³/mol. The number of sulfonamides is 1. The fourth-order valence-electron chi connectivity index (χ4n) is 4.10. The van der Waals surface area contributed by atoms with Crippen LogP contribution in [0.3, 0.4) is 0 Å². The third-order valence-electron chi connectivity index (χ3n) is 6.39. The van der Waals surface area contributed by atoms with Crippen LogP contribution in [0.4, 0.5) is 0 Å². The highest BCUT2D eigenvalue weighted by Gasteiger charge is 2.23. The van der Waals surface area contributed by atoms with Gasteiger partial charge in [0, 0.05) is 12.0 Å². The summed E-state index contributed by atoms with van der Waals surface area (Å²) in [5.74, 6) is 1.61. The van der Waals surface area contributed by atoms with Gasteiger partial charge in [-0.1, -0.05) is 48.0 Å². The highest BCUT2D eigenvalue weighted by atomic mass is 32.2. The minimum Gasteiger partial charge on any atom is -0.497 e. The SMILES string of the molecule is COc1ccc(OC)c(COc2ccc(/C=N\NC(=O)C[C@H](NS(=O)(=O)c3ccc(C)cc3)c3ccccc3)cc2)c1. The van der Waals surface area contributed by atoms with Gasteiger partial charge in [-0.15, -0.1) is 0 Å². The number of hydrazone groups is 1. The van der Waals surface area contributed by atoms with Gasteiger partial charge in [-0.2, -0.15) is 5.10 Å². The first-order valence-corrected chi connectivity index (χ1v) is 14.7. The second kappa shape index (κ2) is 14.3. The van der Waals surface area contributed by atoms with Crippen LogP contribution in [0.5, 0.6) is 17.2 Å². The molecule has 0 heterocycles. The van der Waals surface area contributed by atoms with E-state index < -0.39 is 22.0 Å². The molecule has 218 valence electrons. The Kier molecular flexibility index (Phi) is 10.3. The Morgan fingerprint density at radius 1 is 0.881 bits per heavy atom. The highest BCUT2D eigenvalue weighted by molar-refractivity contribution is 7.89. The van der Waals surface area contributed by atoms with Crippen molar-refractivity contribution in [3.63, 3.8) is 0 Å². The molecule has 0 aliphatic rings. The molecule has 0 saturated carbocycles. The Morgan fingerprint density at radius 2 is 1.57 bits per heavy atom. The van der Waals surface area contributed by atoms with E-state index in [0.717, 1.165) is 16.7 Å². The van der Waals surface area contributed by atoms with Crippen LogP contribution in [0, 0.1) is 6.92 Å². The van der Waals surface area contributed by atoms with Crippen molar-refractivity contribution < 1.29 is 27.4 Å². The van der Waals surface area contributed by atoms with Gasteiger partial charge in [0.2, 0.25) is 15.9 Å². The van der Waals surface area contributed by atoms with Crippen LogP contribution in [-0.4, -0.2) is 34.8 Å². The summed E-state index contributed by atoms with van der Waals surface area (Å²) in [4.78, 5) is 12.9. The molecule has 0 fully saturated rings. The van der Waals surface area contributed by atoms with Crippen molar-refractivity contribution in [2.75, 3.05) is 14.2 Å². The van der Waals surface area contributed by atoms with Gasteiger partial charge < -0.3 is 14.2 Å². The minimum absolute atomic E-state index is 0.127. The molecule has 0 spiro atoms. The van der Waals surface area contributed by atoms with Gasteiger partial charge in [0.15, 0.2) is 0 Å². The second-order valence-electron chi connectivity index (χ2n) is 9.43. The van der Waals surface area contributed by atoms with Gasteiger partial charge in [0.1, 0.15) is 23.9 Å². The summed E-state index contributed by atoms with van der Waals surface area (Å²) in [6.45, 7) is 2.17. The predicted octanol–water partition coefficient (Wildman–Crippen LogP) is 5.15. The quantitative estimate of drug-likeness (QED) is 0.165. The largest absolute Gasteiger partial charge is 0.497 e. The third kappa shape index (κ3) is 8.42. The molecule has 2 N–H and O–H groups in total. The van der Waals surface area contributed by atoms with E-state index in [1.165, 1.54) is 18.3 Å². The summed E-state index contributed by atoms with van der Waals surface area (Å²) < 4.78 is 45.3. The maximum absolute atomic E-state index is 13.0. The molecule has 0 saturated heterocycles. The lowest BCUT2D eigenvalue weighted by molar-refractivity contribution is -0.121. The highest BCUT2D eigenvalue weighted by Crippen LogP contribution is 2.26. The van der Waals surface area contributed by atoms with E-state index in [1.807, 2.05) is 31.2 Å². The normalized spacial score (nSPS) is 12.1. The van der Waals surface area contributed by atoms with Crippen LogP contribution in [0.1, 0.15) is 34.7 Å². The Morgan fingerprint density at radius 3 is 2.24 bits per heavy atom. The molecule has 0 aliphatic carbocycles. The van der Waals surface area contributed by atoms with Crippen molar-refractivity contribution in [2.24, 2.45) is 5.10 Å². The average molecular weight is 588 g/mol. The lowest BCUT2D eigenvalue weighted by Gasteiger charge is -2.18. The Balaban J connectivity index is 1.35. The van der Waals surface area contributed by atoms with Gasteiger partial charge in [0.05, 0.1) is 31.4 Å². The molecule has 0 aromatic heterocycles. The number of carbonyl (C=O) groups is 1. The van der Waals surface area contributed by atoms with E-state index in [0.29, 0.717) is 29.4 Å². The standard InChI is InChI=1S/C32H33N3O6S/c1-23-9-16-29(17-10-23)42(37,38)35-30(25-7-5-4-6-8-25)20-32(36)34-33-21-24-11-13-27(14-12-24)41-22-26-19-28(39-2)15-18-31(26)40-3/h4-19,21,30,35H,20,22H2,1-3H3,(H,34,36)/b33-21-/t30-/m0/s1. The Hall–Kier alpha value is -4.67. The molecule has 1 atom stereocenters. The number of methoxy groups -OCH3 is 2. The van der Waals surface area contributed by atoms with Gasteiger partial charge in [-0.05, 0) is 72.6 Å². The first-order chi connectivity index (χ1) is 20.3. The molecule has 0 unspecified atom stereocenters. The fourth-order valence-corrected chi connectivity index (χ4v) is 5.33. The van der Waals surface area contributed by atoms with E-state index >= 15 is 0 Å². The molecule has 0 aliphatic heterocycles. The van der Waals surface area contributed by atoms with E-state index in [1.54, 1.807) is 74.9 Å². The zero-order valence-corrected chi connectivity index (χ0v) is 24.4. The van der Waals surface area contributed by atoms with E-state index in [-0.39, 0.29) is 11.3 Å². The molecule has 1 amide bonds. The van der Waals surface area contributed by atoms with E-state index in [4.69, 9.17) is 14.2 Å².